The van der Waals surface area contributed by atoms with E-state index in [9.17, 15) is 4.79 Å². The molecule has 2 heterocycles. The van der Waals surface area contributed by atoms with Crippen molar-refractivity contribution in [3.05, 3.63) is 24.4 Å². The van der Waals surface area contributed by atoms with Crippen LogP contribution in [0.5, 0.6) is 0 Å². The molecule has 0 saturated carbocycles. The fraction of sp³-hybridized carbons (Fsp3) is 0.706. The molecule has 3 rings (SSSR count). The van der Waals surface area contributed by atoms with Gasteiger partial charge in [-0.25, -0.2) is 0 Å². The van der Waals surface area contributed by atoms with E-state index in [2.05, 4.69) is 24.5 Å². The van der Waals surface area contributed by atoms with Gasteiger partial charge in [0.2, 0.25) is 5.91 Å². The Morgan fingerprint density at radius 1 is 1.40 bits per heavy atom. The van der Waals surface area contributed by atoms with E-state index in [-0.39, 0.29) is 5.41 Å². The second-order valence-electron chi connectivity index (χ2n) is 6.55. The van der Waals surface area contributed by atoms with Crippen molar-refractivity contribution in [3.63, 3.8) is 0 Å². The van der Waals surface area contributed by atoms with Crippen molar-refractivity contribution in [2.24, 2.45) is 11.3 Å². The molecule has 0 N–H and O–H groups in total. The third-order valence-corrected chi connectivity index (χ3v) is 5.37. The van der Waals surface area contributed by atoms with Gasteiger partial charge in [-0.3, -0.25) is 4.79 Å². The molecular weight excluding hydrogens is 248 g/mol. The first-order chi connectivity index (χ1) is 9.70. The SMILES string of the molecule is C=CCN1C[C@H](C)[C@@]2(CCCC=C2N2CCCC2)C1=O. The van der Waals surface area contributed by atoms with Crippen LogP contribution in [0.1, 0.15) is 39.0 Å². The molecule has 0 aromatic carbocycles. The van der Waals surface area contributed by atoms with Gasteiger partial charge in [-0.15, -0.1) is 6.58 Å². The normalized spacial score (nSPS) is 34.0. The lowest BCUT2D eigenvalue weighted by Gasteiger charge is -2.41. The number of allylic oxidation sites excluding steroid dienone is 1. The first-order valence-corrected chi connectivity index (χ1v) is 8.06. The van der Waals surface area contributed by atoms with Gasteiger partial charge in [0.25, 0.3) is 0 Å². The highest BCUT2D eigenvalue weighted by molar-refractivity contribution is 5.88. The topological polar surface area (TPSA) is 23.6 Å². The lowest BCUT2D eigenvalue weighted by atomic mass is 9.68. The molecule has 3 aliphatic rings. The summed E-state index contributed by atoms with van der Waals surface area (Å²) in [6, 6.07) is 0. The van der Waals surface area contributed by atoms with Crippen molar-refractivity contribution in [3.8, 4) is 0 Å². The number of carbonyl (C=O) groups excluding carboxylic acids is 1. The van der Waals surface area contributed by atoms with E-state index in [0.717, 1.165) is 38.9 Å². The molecular formula is C17H26N2O. The van der Waals surface area contributed by atoms with E-state index in [1.54, 1.807) is 0 Å². The predicted molar refractivity (Wildman–Crippen MR) is 81.1 cm³/mol. The average molecular weight is 274 g/mol. The summed E-state index contributed by atoms with van der Waals surface area (Å²) < 4.78 is 0. The Balaban J connectivity index is 1.95. The van der Waals surface area contributed by atoms with Gasteiger partial charge in [-0.05, 0) is 38.0 Å². The molecule has 0 bridgehead atoms. The zero-order chi connectivity index (χ0) is 14.2. The summed E-state index contributed by atoms with van der Waals surface area (Å²) in [5.41, 5.74) is 1.12. The predicted octanol–water partition coefficient (Wildman–Crippen LogP) is 2.80. The maximum atomic E-state index is 13.1. The van der Waals surface area contributed by atoms with Crippen LogP contribution in [0, 0.1) is 11.3 Å². The van der Waals surface area contributed by atoms with Gasteiger partial charge in [0.15, 0.2) is 0 Å². The van der Waals surface area contributed by atoms with Crippen LogP contribution in [0.2, 0.25) is 0 Å². The van der Waals surface area contributed by atoms with E-state index in [1.165, 1.54) is 18.5 Å². The minimum atomic E-state index is -0.231. The number of rotatable bonds is 3. The van der Waals surface area contributed by atoms with Crippen LogP contribution < -0.4 is 0 Å². The third-order valence-electron chi connectivity index (χ3n) is 5.37. The van der Waals surface area contributed by atoms with Crippen LogP contribution in [0.4, 0.5) is 0 Å². The highest BCUT2D eigenvalue weighted by Crippen LogP contribution is 2.51. The Hall–Kier alpha value is -1.25. The smallest absolute Gasteiger partial charge is 0.235 e. The molecule has 2 saturated heterocycles. The largest absolute Gasteiger partial charge is 0.374 e. The van der Waals surface area contributed by atoms with Crippen LogP contribution in [-0.2, 0) is 4.79 Å². The van der Waals surface area contributed by atoms with Crippen LogP contribution >= 0.6 is 0 Å². The number of nitrogens with zero attached hydrogens (tertiary/aromatic N) is 2. The van der Waals surface area contributed by atoms with Gasteiger partial charge >= 0.3 is 0 Å². The molecule has 3 heteroatoms. The van der Waals surface area contributed by atoms with Crippen molar-refractivity contribution < 1.29 is 4.79 Å². The van der Waals surface area contributed by atoms with Crippen LogP contribution in [0.15, 0.2) is 24.4 Å². The van der Waals surface area contributed by atoms with E-state index in [1.807, 2.05) is 11.0 Å². The summed E-state index contributed by atoms with van der Waals surface area (Å²) in [6.07, 6.45) is 10.1. The van der Waals surface area contributed by atoms with E-state index in [4.69, 9.17) is 0 Å². The molecule has 0 aromatic heterocycles. The molecule has 0 aromatic rings. The van der Waals surface area contributed by atoms with Crippen molar-refractivity contribution >= 4 is 5.91 Å². The minimum Gasteiger partial charge on any atom is -0.374 e. The van der Waals surface area contributed by atoms with Gasteiger partial charge in [0, 0.05) is 31.9 Å². The van der Waals surface area contributed by atoms with Gasteiger partial charge in [-0.2, -0.15) is 0 Å². The second-order valence-corrected chi connectivity index (χ2v) is 6.55. The maximum absolute atomic E-state index is 13.1. The van der Waals surface area contributed by atoms with E-state index >= 15 is 0 Å². The average Bonchev–Trinajstić information content (AvgIpc) is 3.05. The van der Waals surface area contributed by atoms with Crippen molar-refractivity contribution in [2.45, 2.75) is 39.0 Å². The lowest BCUT2D eigenvalue weighted by molar-refractivity contribution is -0.136. The molecule has 1 amide bonds. The summed E-state index contributed by atoms with van der Waals surface area (Å²) in [7, 11) is 0. The fourth-order valence-electron chi connectivity index (χ4n) is 4.39. The molecule has 110 valence electrons. The molecule has 0 radical (unpaired) electrons. The summed E-state index contributed by atoms with van der Waals surface area (Å²) in [6.45, 7) is 9.90. The summed E-state index contributed by atoms with van der Waals surface area (Å²) in [5.74, 6) is 0.768. The molecule has 2 aliphatic heterocycles. The Labute approximate surface area is 122 Å². The standard InChI is InChI=1S/C17H26N2O/c1-3-10-19-13-14(2)17(16(19)20)9-5-4-8-15(17)18-11-6-7-12-18/h3,8,14H,1,4-7,9-13H2,2H3/t14-,17+/m0/s1. The first-order valence-electron chi connectivity index (χ1n) is 8.06. The molecule has 0 unspecified atom stereocenters. The van der Waals surface area contributed by atoms with Crippen LogP contribution in [0.3, 0.4) is 0 Å². The molecule has 1 spiro atoms. The van der Waals surface area contributed by atoms with Gasteiger partial charge in [0.05, 0.1) is 5.41 Å². The van der Waals surface area contributed by atoms with Crippen molar-refractivity contribution in [1.82, 2.24) is 9.80 Å². The van der Waals surface area contributed by atoms with Gasteiger partial charge in [0.1, 0.15) is 0 Å². The van der Waals surface area contributed by atoms with Crippen molar-refractivity contribution in [1.29, 1.82) is 0 Å². The Kier molecular flexibility index (Phi) is 3.61. The molecule has 2 fully saturated rings. The summed E-state index contributed by atoms with van der Waals surface area (Å²) >= 11 is 0. The molecule has 1 aliphatic carbocycles. The third kappa shape index (κ3) is 1.90. The molecule has 20 heavy (non-hydrogen) atoms. The molecule has 3 nitrogen and oxygen atoms in total. The quantitative estimate of drug-likeness (QED) is 0.739. The zero-order valence-corrected chi connectivity index (χ0v) is 12.6. The summed E-state index contributed by atoms with van der Waals surface area (Å²) in [5, 5.41) is 0. The van der Waals surface area contributed by atoms with Gasteiger partial charge in [-0.1, -0.05) is 19.1 Å². The number of likely N-dealkylation sites (tertiary alicyclic amines) is 2. The highest BCUT2D eigenvalue weighted by atomic mass is 16.2. The Bertz CT molecular complexity index is 436. The summed E-state index contributed by atoms with van der Waals surface area (Å²) in [4.78, 5) is 17.6. The van der Waals surface area contributed by atoms with E-state index < -0.39 is 0 Å². The first kappa shape index (κ1) is 13.7. The van der Waals surface area contributed by atoms with Gasteiger partial charge < -0.3 is 9.80 Å². The Morgan fingerprint density at radius 3 is 2.85 bits per heavy atom. The lowest BCUT2D eigenvalue weighted by Crippen LogP contribution is -2.44. The molecule has 2 atom stereocenters. The fourth-order valence-corrected chi connectivity index (χ4v) is 4.39. The maximum Gasteiger partial charge on any atom is 0.235 e. The van der Waals surface area contributed by atoms with Crippen LogP contribution in [-0.4, -0.2) is 41.9 Å². The van der Waals surface area contributed by atoms with Crippen molar-refractivity contribution in [2.75, 3.05) is 26.2 Å². The number of hydrogen-bond donors (Lipinski definition) is 0. The number of hydrogen-bond acceptors (Lipinski definition) is 2. The minimum absolute atomic E-state index is 0.231. The zero-order valence-electron chi connectivity index (χ0n) is 12.6. The second kappa shape index (κ2) is 5.27. The number of carbonyl (C=O) groups is 1. The van der Waals surface area contributed by atoms with Crippen LogP contribution in [0.25, 0.3) is 0 Å². The Morgan fingerprint density at radius 2 is 2.15 bits per heavy atom. The van der Waals surface area contributed by atoms with E-state index in [0.29, 0.717) is 18.4 Å². The highest BCUT2D eigenvalue weighted by Gasteiger charge is 2.55. The number of amides is 1. The monoisotopic (exact) mass is 274 g/mol.